The monoisotopic (exact) mass is 252 g/mol. The Balaban J connectivity index is 2.30. The molecule has 0 radical (unpaired) electrons. The third-order valence-electron chi connectivity index (χ3n) is 3.96. The molecule has 3 heteroatoms. The van der Waals surface area contributed by atoms with Gasteiger partial charge < -0.3 is 4.74 Å². The van der Waals surface area contributed by atoms with E-state index in [1.807, 2.05) is 0 Å². The van der Waals surface area contributed by atoms with E-state index in [4.69, 9.17) is 4.74 Å². The molecule has 0 aromatic heterocycles. The van der Waals surface area contributed by atoms with E-state index in [9.17, 15) is 5.26 Å². The summed E-state index contributed by atoms with van der Waals surface area (Å²) in [6.07, 6.45) is 5.46. The lowest BCUT2D eigenvalue weighted by Gasteiger charge is -2.29. The van der Waals surface area contributed by atoms with Gasteiger partial charge in [-0.3, -0.25) is 5.32 Å². The maximum Gasteiger partial charge on any atom is 0.109 e. The molecule has 1 saturated carbocycles. The van der Waals surface area contributed by atoms with E-state index in [0.717, 1.165) is 51.9 Å². The van der Waals surface area contributed by atoms with Crippen LogP contribution in [0.2, 0.25) is 0 Å². The van der Waals surface area contributed by atoms with Crippen molar-refractivity contribution in [2.24, 2.45) is 11.8 Å². The molecule has 1 aliphatic carbocycles. The summed E-state index contributed by atoms with van der Waals surface area (Å²) in [5, 5.41) is 12.8. The van der Waals surface area contributed by atoms with Crippen molar-refractivity contribution in [3.8, 4) is 6.07 Å². The fourth-order valence-corrected chi connectivity index (χ4v) is 2.85. The van der Waals surface area contributed by atoms with Crippen molar-refractivity contribution in [2.75, 3.05) is 19.8 Å². The first-order chi connectivity index (χ1) is 8.64. The number of rotatable bonds is 8. The first-order valence-electron chi connectivity index (χ1n) is 7.38. The smallest absolute Gasteiger partial charge is 0.109 e. The summed E-state index contributed by atoms with van der Waals surface area (Å²) in [5.41, 5.74) is -0.282. The first-order valence-corrected chi connectivity index (χ1v) is 7.38. The van der Waals surface area contributed by atoms with Gasteiger partial charge in [-0.15, -0.1) is 0 Å². The highest BCUT2D eigenvalue weighted by atomic mass is 16.5. The Morgan fingerprint density at radius 1 is 1.44 bits per heavy atom. The van der Waals surface area contributed by atoms with Crippen molar-refractivity contribution >= 4 is 0 Å². The van der Waals surface area contributed by atoms with Gasteiger partial charge in [-0.1, -0.05) is 27.2 Å². The van der Waals surface area contributed by atoms with Crippen LogP contribution in [0.1, 0.15) is 52.9 Å². The standard InChI is InChI=1S/C15H28N2O/c1-4-17-15(12-16)9-5-6-14(15)8-11-18-10-7-13(2)3/h13-14,17H,4-11H2,1-3H3. The summed E-state index contributed by atoms with van der Waals surface area (Å²) in [7, 11) is 0. The zero-order valence-corrected chi connectivity index (χ0v) is 12.2. The minimum atomic E-state index is -0.282. The van der Waals surface area contributed by atoms with Gasteiger partial charge in [-0.25, -0.2) is 0 Å². The molecular weight excluding hydrogens is 224 g/mol. The van der Waals surface area contributed by atoms with Crippen molar-refractivity contribution in [3.05, 3.63) is 0 Å². The maximum absolute atomic E-state index is 9.44. The molecule has 1 N–H and O–H groups in total. The maximum atomic E-state index is 9.44. The Kier molecular flexibility index (Phi) is 6.67. The molecule has 1 aliphatic rings. The summed E-state index contributed by atoms with van der Waals surface area (Å²) >= 11 is 0. The van der Waals surface area contributed by atoms with Crippen molar-refractivity contribution in [1.82, 2.24) is 5.32 Å². The third kappa shape index (κ3) is 4.26. The number of ether oxygens (including phenoxy) is 1. The molecule has 18 heavy (non-hydrogen) atoms. The van der Waals surface area contributed by atoms with Crippen LogP contribution in [-0.4, -0.2) is 25.3 Å². The number of nitriles is 1. The Labute approximate surface area is 112 Å². The van der Waals surface area contributed by atoms with Gasteiger partial charge in [0.1, 0.15) is 5.54 Å². The van der Waals surface area contributed by atoms with E-state index in [-0.39, 0.29) is 5.54 Å². The van der Waals surface area contributed by atoms with Gasteiger partial charge in [0.25, 0.3) is 0 Å². The van der Waals surface area contributed by atoms with Gasteiger partial charge in [0, 0.05) is 13.2 Å². The normalized spacial score (nSPS) is 27.6. The van der Waals surface area contributed by atoms with Crippen LogP contribution in [0.5, 0.6) is 0 Å². The molecule has 0 saturated heterocycles. The highest BCUT2D eigenvalue weighted by Crippen LogP contribution is 2.37. The van der Waals surface area contributed by atoms with Crippen LogP contribution < -0.4 is 5.32 Å². The van der Waals surface area contributed by atoms with Crippen LogP contribution in [0.3, 0.4) is 0 Å². The van der Waals surface area contributed by atoms with Gasteiger partial charge in [-0.05, 0) is 44.1 Å². The van der Waals surface area contributed by atoms with E-state index < -0.39 is 0 Å². The van der Waals surface area contributed by atoms with Crippen LogP contribution in [0.25, 0.3) is 0 Å². The van der Waals surface area contributed by atoms with Gasteiger partial charge in [0.05, 0.1) is 6.07 Å². The third-order valence-corrected chi connectivity index (χ3v) is 3.96. The van der Waals surface area contributed by atoms with Crippen molar-refractivity contribution < 1.29 is 4.74 Å². The van der Waals surface area contributed by atoms with Crippen LogP contribution in [0, 0.1) is 23.2 Å². The molecule has 0 amide bonds. The zero-order valence-electron chi connectivity index (χ0n) is 12.2. The molecule has 0 bridgehead atoms. The lowest BCUT2D eigenvalue weighted by Crippen LogP contribution is -2.47. The highest BCUT2D eigenvalue weighted by molar-refractivity contribution is 5.13. The van der Waals surface area contributed by atoms with E-state index in [1.54, 1.807) is 0 Å². The first kappa shape index (κ1) is 15.5. The van der Waals surface area contributed by atoms with Crippen LogP contribution in [0.4, 0.5) is 0 Å². The number of nitrogens with one attached hydrogen (secondary N) is 1. The van der Waals surface area contributed by atoms with Crippen molar-refractivity contribution in [1.29, 1.82) is 5.26 Å². The Morgan fingerprint density at radius 2 is 2.22 bits per heavy atom. The minimum Gasteiger partial charge on any atom is -0.381 e. The van der Waals surface area contributed by atoms with Gasteiger partial charge >= 0.3 is 0 Å². The summed E-state index contributed by atoms with van der Waals surface area (Å²) < 4.78 is 5.69. The second-order valence-corrected chi connectivity index (χ2v) is 5.79. The molecule has 0 aromatic rings. The van der Waals surface area contributed by atoms with Gasteiger partial charge in [-0.2, -0.15) is 5.26 Å². The molecule has 0 aliphatic heterocycles. The van der Waals surface area contributed by atoms with Crippen LogP contribution >= 0.6 is 0 Å². The average Bonchev–Trinajstić information content (AvgIpc) is 2.73. The molecule has 0 spiro atoms. The summed E-state index contributed by atoms with van der Waals surface area (Å²) in [6, 6.07) is 2.52. The molecule has 1 fully saturated rings. The Hall–Kier alpha value is -0.590. The summed E-state index contributed by atoms with van der Waals surface area (Å²) in [4.78, 5) is 0. The second kappa shape index (κ2) is 7.76. The SMILES string of the molecule is CCNC1(C#N)CCCC1CCOCCC(C)C. The molecule has 2 atom stereocenters. The fraction of sp³-hybridized carbons (Fsp3) is 0.933. The molecule has 1 rings (SSSR count). The van der Waals surface area contributed by atoms with Crippen molar-refractivity contribution in [2.45, 2.75) is 58.4 Å². The van der Waals surface area contributed by atoms with Crippen LogP contribution in [0.15, 0.2) is 0 Å². The molecule has 0 aromatic carbocycles. The fourth-order valence-electron chi connectivity index (χ4n) is 2.85. The quantitative estimate of drug-likeness (QED) is 0.675. The Morgan fingerprint density at radius 3 is 2.83 bits per heavy atom. The Bertz CT molecular complexity index is 272. The minimum absolute atomic E-state index is 0.282. The van der Waals surface area contributed by atoms with E-state index in [2.05, 4.69) is 32.2 Å². The second-order valence-electron chi connectivity index (χ2n) is 5.79. The predicted molar refractivity (Wildman–Crippen MR) is 74.3 cm³/mol. The lowest BCUT2D eigenvalue weighted by molar-refractivity contribution is 0.103. The van der Waals surface area contributed by atoms with E-state index >= 15 is 0 Å². The number of hydrogen-bond acceptors (Lipinski definition) is 3. The molecule has 3 nitrogen and oxygen atoms in total. The lowest BCUT2D eigenvalue weighted by atomic mass is 9.86. The largest absolute Gasteiger partial charge is 0.381 e. The van der Waals surface area contributed by atoms with Gasteiger partial charge in [0.2, 0.25) is 0 Å². The number of hydrogen-bond donors (Lipinski definition) is 1. The van der Waals surface area contributed by atoms with Crippen molar-refractivity contribution in [3.63, 3.8) is 0 Å². The topological polar surface area (TPSA) is 45.0 Å². The van der Waals surface area contributed by atoms with E-state index in [1.165, 1.54) is 0 Å². The van der Waals surface area contributed by atoms with Crippen LogP contribution in [-0.2, 0) is 4.74 Å². The van der Waals surface area contributed by atoms with Gasteiger partial charge in [0.15, 0.2) is 0 Å². The summed E-state index contributed by atoms with van der Waals surface area (Å²) in [6.45, 7) is 9.03. The molecule has 0 heterocycles. The predicted octanol–water partition coefficient (Wildman–Crippen LogP) is 3.11. The summed E-state index contributed by atoms with van der Waals surface area (Å²) in [5.74, 6) is 1.16. The van der Waals surface area contributed by atoms with E-state index in [0.29, 0.717) is 11.8 Å². The number of nitrogens with zero attached hydrogens (tertiary/aromatic N) is 1. The highest BCUT2D eigenvalue weighted by Gasteiger charge is 2.42. The molecular formula is C15H28N2O. The molecule has 104 valence electrons. The zero-order chi connectivity index (χ0) is 13.4. The average molecular weight is 252 g/mol. The molecule has 2 unspecified atom stereocenters.